The van der Waals surface area contributed by atoms with Crippen molar-refractivity contribution in [3.8, 4) is 0 Å². The zero-order valence-corrected chi connectivity index (χ0v) is 11.9. The first-order valence-electron chi connectivity index (χ1n) is 6.35. The minimum Gasteiger partial charge on any atom is -0.386 e. The summed E-state index contributed by atoms with van der Waals surface area (Å²) in [5.74, 6) is 0.834. The van der Waals surface area contributed by atoms with Crippen LogP contribution in [0.2, 0.25) is 0 Å². The molecule has 2 unspecified atom stereocenters. The minimum absolute atomic E-state index is 0.334. The van der Waals surface area contributed by atoms with Crippen LogP contribution in [0.3, 0.4) is 0 Å². The van der Waals surface area contributed by atoms with Gasteiger partial charge in [-0.3, -0.25) is 0 Å². The Morgan fingerprint density at radius 2 is 2.25 bits per heavy atom. The maximum Gasteiger partial charge on any atom is 0.164 e. The van der Waals surface area contributed by atoms with Crippen LogP contribution in [0, 0.1) is 0 Å². The third-order valence-electron chi connectivity index (χ3n) is 3.47. The lowest BCUT2D eigenvalue weighted by molar-refractivity contribution is -0.0753. The molecule has 2 aliphatic rings. The van der Waals surface area contributed by atoms with Gasteiger partial charge in [-0.15, -0.1) is 0 Å². The van der Waals surface area contributed by atoms with Crippen LogP contribution in [0.5, 0.6) is 0 Å². The lowest BCUT2D eigenvalue weighted by atomic mass is 10.1. The van der Waals surface area contributed by atoms with Crippen molar-refractivity contribution in [1.82, 2.24) is 4.90 Å². The zero-order chi connectivity index (χ0) is 14.9. The topological polar surface area (TPSA) is 89.5 Å². The van der Waals surface area contributed by atoms with E-state index in [4.69, 9.17) is 19.9 Å². The van der Waals surface area contributed by atoms with E-state index in [1.54, 1.807) is 18.2 Å². The summed E-state index contributed by atoms with van der Waals surface area (Å²) in [6, 6.07) is 0. The van der Waals surface area contributed by atoms with E-state index < -0.39 is 18.4 Å². The molecule has 2 heterocycles. The normalized spacial score (nSPS) is 34.2. The van der Waals surface area contributed by atoms with E-state index in [9.17, 15) is 5.11 Å². The SMILES string of the molecule is C=C1N=C(N)C(C)=CN1[C@@H]1O[C@H](COC)C(OC)C1O. The molecule has 0 aliphatic carbocycles. The molecule has 0 aromatic heterocycles. The van der Waals surface area contributed by atoms with E-state index in [-0.39, 0.29) is 6.10 Å². The number of rotatable bonds is 4. The van der Waals surface area contributed by atoms with Crippen LogP contribution in [0.25, 0.3) is 0 Å². The molecule has 3 N–H and O–H groups in total. The monoisotopic (exact) mass is 283 g/mol. The fraction of sp³-hybridized carbons (Fsp3) is 0.615. The van der Waals surface area contributed by atoms with E-state index in [1.807, 2.05) is 6.92 Å². The molecule has 0 bridgehead atoms. The second-order valence-corrected chi connectivity index (χ2v) is 4.84. The van der Waals surface area contributed by atoms with Gasteiger partial charge in [0, 0.05) is 26.0 Å². The van der Waals surface area contributed by atoms with Crippen molar-refractivity contribution < 1.29 is 19.3 Å². The Morgan fingerprint density at radius 1 is 1.55 bits per heavy atom. The number of hydrogen-bond donors (Lipinski definition) is 2. The number of aliphatic imine (C=N–C) groups is 1. The molecule has 1 fully saturated rings. The standard InChI is InChI=1S/C13H21N3O4/c1-7-5-16(8(2)15-12(7)14)13-10(17)11(19-4)9(20-13)6-18-3/h5,9-11,13,17H,2,6H2,1,3-4H3,(H2,14,15)/t9-,10?,11?,13-/m1/s1. The minimum atomic E-state index is -0.838. The van der Waals surface area contributed by atoms with Crippen LogP contribution in [-0.2, 0) is 14.2 Å². The van der Waals surface area contributed by atoms with E-state index in [0.29, 0.717) is 18.3 Å². The van der Waals surface area contributed by atoms with E-state index >= 15 is 0 Å². The van der Waals surface area contributed by atoms with Crippen molar-refractivity contribution >= 4 is 5.84 Å². The first-order valence-corrected chi connectivity index (χ1v) is 6.35. The molecule has 7 nitrogen and oxygen atoms in total. The van der Waals surface area contributed by atoms with Crippen molar-refractivity contribution in [3.05, 3.63) is 24.2 Å². The largest absolute Gasteiger partial charge is 0.386 e. The van der Waals surface area contributed by atoms with E-state index in [1.165, 1.54) is 7.11 Å². The van der Waals surface area contributed by atoms with Crippen LogP contribution >= 0.6 is 0 Å². The Hall–Kier alpha value is -1.41. The Morgan fingerprint density at radius 3 is 2.85 bits per heavy atom. The smallest absolute Gasteiger partial charge is 0.164 e. The van der Waals surface area contributed by atoms with Gasteiger partial charge < -0.3 is 30.0 Å². The quantitative estimate of drug-likeness (QED) is 0.741. The van der Waals surface area contributed by atoms with Gasteiger partial charge in [0.1, 0.15) is 30.0 Å². The zero-order valence-electron chi connectivity index (χ0n) is 11.9. The highest BCUT2D eigenvalue weighted by Gasteiger charge is 2.47. The van der Waals surface area contributed by atoms with Crippen molar-refractivity contribution in [1.29, 1.82) is 0 Å². The molecular weight excluding hydrogens is 262 g/mol. The summed E-state index contributed by atoms with van der Waals surface area (Å²) in [6.07, 6.45) is -0.519. The van der Waals surface area contributed by atoms with Gasteiger partial charge in [-0.1, -0.05) is 6.58 Å². The summed E-state index contributed by atoms with van der Waals surface area (Å²) >= 11 is 0. The maximum absolute atomic E-state index is 10.4. The number of aliphatic hydroxyl groups excluding tert-OH is 1. The molecule has 0 spiro atoms. The molecule has 0 radical (unpaired) electrons. The maximum atomic E-state index is 10.4. The Labute approximate surface area is 118 Å². The number of aliphatic hydroxyl groups is 1. The summed E-state index contributed by atoms with van der Waals surface area (Å²) in [4.78, 5) is 5.81. The second-order valence-electron chi connectivity index (χ2n) is 4.84. The fourth-order valence-corrected chi connectivity index (χ4v) is 2.39. The highest BCUT2D eigenvalue weighted by Crippen LogP contribution is 2.30. The van der Waals surface area contributed by atoms with Crippen LogP contribution < -0.4 is 5.73 Å². The van der Waals surface area contributed by atoms with Crippen molar-refractivity contribution in [2.75, 3.05) is 20.8 Å². The molecule has 0 saturated carbocycles. The summed E-state index contributed by atoms with van der Waals surface area (Å²) in [5, 5.41) is 10.4. The van der Waals surface area contributed by atoms with E-state index in [0.717, 1.165) is 5.57 Å². The first-order chi connectivity index (χ1) is 9.49. The molecule has 2 rings (SSSR count). The van der Waals surface area contributed by atoms with Crippen LogP contribution in [0.4, 0.5) is 0 Å². The van der Waals surface area contributed by atoms with Gasteiger partial charge >= 0.3 is 0 Å². The molecular formula is C13H21N3O4. The predicted octanol–water partition coefficient (Wildman–Crippen LogP) is -0.219. The number of nitrogens with zero attached hydrogens (tertiary/aromatic N) is 2. The number of methoxy groups -OCH3 is 2. The number of nitrogens with two attached hydrogens (primary N) is 1. The Kier molecular flexibility index (Phi) is 4.44. The lowest BCUT2D eigenvalue weighted by Gasteiger charge is -2.31. The molecule has 20 heavy (non-hydrogen) atoms. The molecule has 0 aromatic carbocycles. The predicted molar refractivity (Wildman–Crippen MR) is 73.7 cm³/mol. The lowest BCUT2D eigenvalue weighted by Crippen LogP contribution is -2.43. The van der Waals surface area contributed by atoms with Gasteiger partial charge in [0.15, 0.2) is 6.23 Å². The molecule has 7 heteroatoms. The molecule has 2 aliphatic heterocycles. The number of hydrogen-bond acceptors (Lipinski definition) is 7. The van der Waals surface area contributed by atoms with Gasteiger partial charge in [-0.25, -0.2) is 4.99 Å². The third kappa shape index (κ3) is 2.57. The summed E-state index contributed by atoms with van der Waals surface area (Å²) in [6.45, 7) is 6.00. The number of amidine groups is 1. The van der Waals surface area contributed by atoms with Gasteiger partial charge in [0.25, 0.3) is 0 Å². The fourth-order valence-electron chi connectivity index (χ4n) is 2.39. The number of ether oxygens (including phenoxy) is 3. The van der Waals surface area contributed by atoms with Gasteiger partial charge in [-0.2, -0.15) is 0 Å². The molecule has 0 amide bonds. The molecule has 112 valence electrons. The highest BCUT2D eigenvalue weighted by atomic mass is 16.6. The highest BCUT2D eigenvalue weighted by molar-refractivity contribution is 5.97. The average molecular weight is 283 g/mol. The van der Waals surface area contributed by atoms with E-state index in [2.05, 4.69) is 11.6 Å². The average Bonchev–Trinajstić information content (AvgIpc) is 2.71. The van der Waals surface area contributed by atoms with Crippen molar-refractivity contribution in [2.24, 2.45) is 10.7 Å². The van der Waals surface area contributed by atoms with Gasteiger partial charge in [-0.05, 0) is 6.92 Å². The Bertz CT molecular complexity index is 449. The molecule has 1 saturated heterocycles. The van der Waals surface area contributed by atoms with Gasteiger partial charge in [0.2, 0.25) is 0 Å². The summed E-state index contributed by atoms with van der Waals surface area (Å²) < 4.78 is 16.2. The van der Waals surface area contributed by atoms with Gasteiger partial charge in [0.05, 0.1) is 6.61 Å². The summed E-state index contributed by atoms with van der Waals surface area (Å²) in [7, 11) is 3.11. The molecule has 0 aromatic rings. The Balaban J connectivity index is 2.19. The first kappa shape index (κ1) is 15.0. The molecule has 4 atom stereocenters. The third-order valence-corrected chi connectivity index (χ3v) is 3.47. The van der Waals surface area contributed by atoms with Crippen LogP contribution in [0.1, 0.15) is 6.92 Å². The second kappa shape index (κ2) is 5.92. The van der Waals surface area contributed by atoms with Crippen molar-refractivity contribution in [2.45, 2.75) is 31.5 Å². The van der Waals surface area contributed by atoms with Crippen LogP contribution in [-0.4, -0.2) is 61.2 Å². The van der Waals surface area contributed by atoms with Crippen molar-refractivity contribution in [3.63, 3.8) is 0 Å². The summed E-state index contributed by atoms with van der Waals surface area (Å²) in [5.41, 5.74) is 6.53. The van der Waals surface area contributed by atoms with Crippen LogP contribution in [0.15, 0.2) is 29.2 Å².